The van der Waals surface area contributed by atoms with Gasteiger partial charge in [0, 0.05) is 27.6 Å². The Kier molecular flexibility index (Phi) is 4.90. The molecule has 2 aromatic heterocycles. The molecule has 3 rings (SSSR count). The van der Waals surface area contributed by atoms with Crippen LogP contribution in [0, 0.1) is 0 Å². The number of phosphoric ester groups is 1. The number of anilines is 1. The molecule has 0 aliphatic carbocycles. The van der Waals surface area contributed by atoms with Crippen molar-refractivity contribution in [2.45, 2.75) is 24.9 Å². The number of aliphatic hydroxyl groups excluding tert-OH is 1. The molecule has 0 unspecified atom stereocenters. The maximum atomic E-state index is 12.2. The molecule has 0 radical (unpaired) electrons. The van der Waals surface area contributed by atoms with Crippen LogP contribution in [-0.2, 0) is 20.9 Å². The topological polar surface area (TPSA) is 152 Å². The van der Waals surface area contributed by atoms with E-state index < -0.39 is 38.4 Å². The van der Waals surface area contributed by atoms with Gasteiger partial charge in [-0.2, -0.15) is 4.98 Å². The van der Waals surface area contributed by atoms with Gasteiger partial charge in [0.15, 0.2) is 11.2 Å². The molecular formula is C13H20N5O7P. The summed E-state index contributed by atoms with van der Waals surface area (Å²) in [6.45, 7) is -0.460. The van der Waals surface area contributed by atoms with Crippen LogP contribution in [0.15, 0.2) is 11.1 Å². The van der Waals surface area contributed by atoms with Crippen LogP contribution in [0.2, 0.25) is 0 Å². The number of hydrogen-bond acceptors (Lipinski definition) is 8. The Morgan fingerprint density at radius 2 is 2.15 bits per heavy atom. The molecule has 0 spiro atoms. The summed E-state index contributed by atoms with van der Waals surface area (Å²) in [5, 5.41) is 10.1. The first kappa shape index (κ1) is 19.0. The summed E-state index contributed by atoms with van der Waals surface area (Å²) in [5.41, 5.74) is 0.133. The summed E-state index contributed by atoms with van der Waals surface area (Å²) in [4.78, 5) is 39.5. The van der Waals surface area contributed by atoms with Gasteiger partial charge in [-0.25, -0.2) is 9.55 Å². The van der Waals surface area contributed by atoms with Crippen molar-refractivity contribution in [2.75, 3.05) is 25.6 Å². The van der Waals surface area contributed by atoms with Gasteiger partial charge in [0.25, 0.3) is 0 Å². The molecular weight excluding hydrogens is 369 g/mol. The van der Waals surface area contributed by atoms with Crippen molar-refractivity contribution < 1.29 is 28.7 Å². The summed E-state index contributed by atoms with van der Waals surface area (Å²) < 4.78 is 24.2. The second kappa shape index (κ2) is 6.72. The van der Waals surface area contributed by atoms with E-state index in [0.29, 0.717) is 11.6 Å². The molecule has 3 atom stereocenters. The SMILES string of the molecule is CN(C)c1nc(=O)c2ncn([C@H]3C[C@H](O)[C@@H](COP(=O)(O)O)O3)c2n1C. The predicted octanol–water partition coefficient (Wildman–Crippen LogP) is -1.05. The highest BCUT2D eigenvalue weighted by Gasteiger charge is 2.37. The van der Waals surface area contributed by atoms with E-state index in [-0.39, 0.29) is 11.9 Å². The fourth-order valence-corrected chi connectivity index (χ4v) is 3.31. The van der Waals surface area contributed by atoms with Gasteiger partial charge in [0.1, 0.15) is 12.3 Å². The summed E-state index contributed by atoms with van der Waals surface area (Å²) in [6, 6.07) is 0. The maximum Gasteiger partial charge on any atom is 0.469 e. The van der Waals surface area contributed by atoms with E-state index >= 15 is 0 Å². The highest BCUT2D eigenvalue weighted by atomic mass is 31.2. The first-order chi connectivity index (χ1) is 12.1. The zero-order valence-electron chi connectivity index (χ0n) is 14.4. The molecule has 0 bridgehead atoms. The normalized spacial score (nSPS) is 23.7. The highest BCUT2D eigenvalue weighted by Crippen LogP contribution is 2.38. The van der Waals surface area contributed by atoms with Gasteiger partial charge >= 0.3 is 13.4 Å². The molecule has 1 aliphatic rings. The van der Waals surface area contributed by atoms with Gasteiger partial charge in [-0.3, -0.25) is 18.5 Å². The third-order valence-electron chi connectivity index (χ3n) is 4.11. The van der Waals surface area contributed by atoms with Gasteiger partial charge in [-0.1, -0.05) is 0 Å². The average molecular weight is 389 g/mol. The van der Waals surface area contributed by atoms with Crippen molar-refractivity contribution in [3.05, 3.63) is 16.7 Å². The lowest BCUT2D eigenvalue weighted by molar-refractivity contribution is -0.0425. The van der Waals surface area contributed by atoms with Crippen LogP contribution in [0.1, 0.15) is 12.6 Å². The fourth-order valence-electron chi connectivity index (χ4n) is 2.97. The zero-order chi connectivity index (χ0) is 19.2. The molecule has 26 heavy (non-hydrogen) atoms. The molecule has 2 aromatic rings. The number of hydrogen-bond donors (Lipinski definition) is 3. The smallest absolute Gasteiger partial charge is 0.390 e. The lowest BCUT2D eigenvalue weighted by Gasteiger charge is -2.19. The number of rotatable bonds is 5. The Morgan fingerprint density at radius 3 is 2.77 bits per heavy atom. The minimum absolute atomic E-state index is 0.147. The van der Waals surface area contributed by atoms with Crippen molar-refractivity contribution in [3.63, 3.8) is 0 Å². The van der Waals surface area contributed by atoms with Crippen LogP contribution in [0.25, 0.3) is 11.2 Å². The van der Waals surface area contributed by atoms with E-state index in [2.05, 4.69) is 14.5 Å². The van der Waals surface area contributed by atoms with E-state index in [1.807, 2.05) is 0 Å². The largest absolute Gasteiger partial charge is 0.469 e. The molecule has 1 aliphatic heterocycles. The number of ether oxygens (including phenoxy) is 1. The first-order valence-corrected chi connectivity index (χ1v) is 9.26. The minimum Gasteiger partial charge on any atom is -0.390 e. The number of phosphoric acid groups is 1. The quantitative estimate of drug-likeness (QED) is 0.540. The molecule has 3 heterocycles. The molecule has 3 N–H and O–H groups in total. The Balaban J connectivity index is 1.94. The van der Waals surface area contributed by atoms with Gasteiger partial charge in [-0.15, -0.1) is 0 Å². The molecule has 13 heteroatoms. The lowest BCUT2D eigenvalue weighted by Crippen LogP contribution is -2.26. The monoisotopic (exact) mass is 389 g/mol. The van der Waals surface area contributed by atoms with Crippen LogP contribution >= 0.6 is 7.82 Å². The predicted molar refractivity (Wildman–Crippen MR) is 89.6 cm³/mol. The molecule has 1 fully saturated rings. The number of nitrogens with zero attached hydrogens (tertiary/aromatic N) is 5. The second-order valence-electron chi connectivity index (χ2n) is 6.21. The molecule has 0 aromatic carbocycles. The standard InChI is InChI=1S/C13H20N5O7P/c1-16(2)13-15-11(20)10-12(17(13)3)18(6-14-10)9-4-7(19)8(25-9)5-24-26(21,22)23/h6-9,19H,4-5H2,1-3H3,(H2,21,22,23)/t7-,8+,9+/m0/s1. The molecule has 0 saturated carbocycles. The van der Waals surface area contributed by atoms with E-state index in [9.17, 15) is 14.5 Å². The van der Waals surface area contributed by atoms with Crippen LogP contribution in [0.5, 0.6) is 0 Å². The average Bonchev–Trinajstić information content (AvgIpc) is 3.12. The van der Waals surface area contributed by atoms with Gasteiger partial charge in [0.05, 0.1) is 19.0 Å². The van der Waals surface area contributed by atoms with Gasteiger partial charge < -0.3 is 24.5 Å². The van der Waals surface area contributed by atoms with Crippen molar-refractivity contribution in [1.29, 1.82) is 0 Å². The molecule has 1 saturated heterocycles. The number of aryl methyl sites for hydroxylation is 1. The Hall–Kier alpha value is -1.82. The van der Waals surface area contributed by atoms with Crippen LogP contribution in [0.4, 0.5) is 5.95 Å². The summed E-state index contributed by atoms with van der Waals surface area (Å²) in [7, 11) is 0.558. The zero-order valence-corrected chi connectivity index (χ0v) is 15.3. The Morgan fingerprint density at radius 1 is 1.46 bits per heavy atom. The molecule has 12 nitrogen and oxygen atoms in total. The maximum absolute atomic E-state index is 12.2. The Bertz CT molecular complexity index is 919. The third kappa shape index (κ3) is 3.52. The fraction of sp³-hybridized carbons (Fsp3) is 0.615. The third-order valence-corrected chi connectivity index (χ3v) is 4.60. The van der Waals surface area contributed by atoms with E-state index in [4.69, 9.17) is 14.5 Å². The summed E-state index contributed by atoms with van der Waals surface area (Å²) in [5.74, 6) is 0.421. The highest BCUT2D eigenvalue weighted by molar-refractivity contribution is 7.46. The second-order valence-corrected chi connectivity index (χ2v) is 7.45. The number of aliphatic hydroxyl groups is 1. The van der Waals surface area contributed by atoms with Crippen LogP contribution in [0.3, 0.4) is 0 Å². The number of imidazole rings is 1. The molecule has 144 valence electrons. The van der Waals surface area contributed by atoms with Gasteiger partial charge in [0.2, 0.25) is 5.95 Å². The summed E-state index contributed by atoms with van der Waals surface area (Å²) in [6.07, 6.45) is -1.03. The number of aromatic nitrogens is 4. The van der Waals surface area contributed by atoms with E-state index in [0.717, 1.165) is 0 Å². The number of fused-ring (bicyclic) bond motifs is 1. The van der Waals surface area contributed by atoms with E-state index in [1.54, 1.807) is 35.2 Å². The molecule has 0 amide bonds. The summed E-state index contributed by atoms with van der Waals surface area (Å²) >= 11 is 0. The van der Waals surface area contributed by atoms with Crippen LogP contribution < -0.4 is 10.5 Å². The lowest BCUT2D eigenvalue weighted by atomic mass is 10.2. The van der Waals surface area contributed by atoms with Crippen molar-refractivity contribution >= 4 is 24.9 Å². The van der Waals surface area contributed by atoms with Crippen molar-refractivity contribution in [3.8, 4) is 0 Å². The van der Waals surface area contributed by atoms with Crippen LogP contribution in [-0.4, -0.2) is 66.9 Å². The minimum atomic E-state index is -4.67. The Labute approximate surface area is 147 Å². The first-order valence-electron chi connectivity index (χ1n) is 7.73. The van der Waals surface area contributed by atoms with Crippen molar-refractivity contribution in [1.82, 2.24) is 19.1 Å². The van der Waals surface area contributed by atoms with Crippen molar-refractivity contribution in [2.24, 2.45) is 7.05 Å². The van der Waals surface area contributed by atoms with Gasteiger partial charge in [-0.05, 0) is 0 Å². The van der Waals surface area contributed by atoms with E-state index in [1.165, 1.54) is 6.33 Å².